The Labute approximate surface area is 118 Å². The van der Waals surface area contributed by atoms with Gasteiger partial charge in [-0.1, -0.05) is 29.8 Å². The fraction of sp³-hybridized carbons (Fsp3) is 0.400. The van der Waals surface area contributed by atoms with E-state index >= 15 is 0 Å². The summed E-state index contributed by atoms with van der Waals surface area (Å²) in [6.45, 7) is 4.54. The fourth-order valence-corrected chi connectivity index (χ4v) is 2.59. The van der Waals surface area contributed by atoms with Crippen LogP contribution in [0.15, 0.2) is 36.9 Å². The van der Waals surface area contributed by atoms with Crippen LogP contribution in [0.5, 0.6) is 0 Å². The predicted molar refractivity (Wildman–Crippen MR) is 75.0 cm³/mol. The smallest absolute Gasteiger partial charge is 0.227 e. The molecule has 20 heavy (non-hydrogen) atoms. The average molecular weight is 270 g/mol. The first-order valence-corrected chi connectivity index (χ1v) is 6.86. The first kappa shape index (κ1) is 12.8. The minimum Gasteiger partial charge on any atom is -0.342 e. The number of hydrogen-bond donors (Lipinski definition) is 0. The van der Waals surface area contributed by atoms with Crippen molar-refractivity contribution in [3.05, 3.63) is 48.0 Å². The van der Waals surface area contributed by atoms with Crippen LogP contribution in [0.2, 0.25) is 0 Å². The third-order valence-corrected chi connectivity index (χ3v) is 3.66. The standard InChI is InChI=1S/C15H18N4O/c1-12-3-2-4-13(5-12)6-15(20)18-7-14(8-18)9-19-11-16-10-17-19/h2-5,10-11,14H,6-9H2,1H3. The number of hydrogen-bond acceptors (Lipinski definition) is 3. The maximum Gasteiger partial charge on any atom is 0.227 e. The third-order valence-electron chi connectivity index (χ3n) is 3.66. The molecular weight excluding hydrogens is 252 g/mol. The van der Waals surface area contributed by atoms with Gasteiger partial charge in [0, 0.05) is 25.6 Å². The largest absolute Gasteiger partial charge is 0.342 e. The van der Waals surface area contributed by atoms with Gasteiger partial charge < -0.3 is 4.90 Å². The molecule has 1 fully saturated rings. The van der Waals surface area contributed by atoms with Gasteiger partial charge >= 0.3 is 0 Å². The number of likely N-dealkylation sites (tertiary alicyclic amines) is 1. The summed E-state index contributed by atoms with van der Waals surface area (Å²) < 4.78 is 1.83. The van der Waals surface area contributed by atoms with E-state index in [0.29, 0.717) is 12.3 Å². The van der Waals surface area contributed by atoms with Crippen LogP contribution in [-0.2, 0) is 17.8 Å². The van der Waals surface area contributed by atoms with E-state index in [1.165, 1.54) is 5.56 Å². The maximum atomic E-state index is 12.1. The molecule has 0 bridgehead atoms. The Balaban J connectivity index is 1.48. The van der Waals surface area contributed by atoms with E-state index in [0.717, 1.165) is 25.2 Å². The molecule has 0 spiro atoms. The zero-order valence-corrected chi connectivity index (χ0v) is 11.6. The molecule has 1 aliphatic rings. The van der Waals surface area contributed by atoms with E-state index in [9.17, 15) is 4.79 Å². The van der Waals surface area contributed by atoms with Crippen LogP contribution in [0.1, 0.15) is 11.1 Å². The van der Waals surface area contributed by atoms with E-state index in [1.807, 2.05) is 34.7 Å². The molecule has 104 valence electrons. The third kappa shape index (κ3) is 2.87. The molecule has 0 N–H and O–H groups in total. The quantitative estimate of drug-likeness (QED) is 0.841. The zero-order valence-electron chi connectivity index (χ0n) is 11.6. The van der Waals surface area contributed by atoms with Crippen LogP contribution in [0, 0.1) is 12.8 Å². The highest BCUT2D eigenvalue weighted by molar-refractivity contribution is 5.79. The minimum absolute atomic E-state index is 0.213. The summed E-state index contributed by atoms with van der Waals surface area (Å²) in [6, 6.07) is 8.13. The van der Waals surface area contributed by atoms with Crippen molar-refractivity contribution in [1.82, 2.24) is 19.7 Å². The molecule has 3 rings (SSSR count). The van der Waals surface area contributed by atoms with Gasteiger partial charge in [0.2, 0.25) is 5.91 Å². The summed E-state index contributed by atoms with van der Waals surface area (Å²) in [5, 5.41) is 4.09. The van der Waals surface area contributed by atoms with Gasteiger partial charge in [-0.2, -0.15) is 5.10 Å². The lowest BCUT2D eigenvalue weighted by molar-refractivity contribution is -0.137. The second kappa shape index (κ2) is 5.45. The normalized spacial score (nSPS) is 15.2. The van der Waals surface area contributed by atoms with Crippen LogP contribution in [-0.4, -0.2) is 38.7 Å². The molecule has 5 heteroatoms. The zero-order chi connectivity index (χ0) is 13.9. The fourth-order valence-electron chi connectivity index (χ4n) is 2.59. The van der Waals surface area contributed by atoms with E-state index in [1.54, 1.807) is 12.7 Å². The number of nitrogens with zero attached hydrogens (tertiary/aromatic N) is 4. The Bertz CT molecular complexity index is 588. The van der Waals surface area contributed by atoms with Gasteiger partial charge in [-0.05, 0) is 12.5 Å². The van der Waals surface area contributed by atoms with Gasteiger partial charge in [-0.15, -0.1) is 0 Å². The number of amides is 1. The monoisotopic (exact) mass is 270 g/mol. The molecule has 2 heterocycles. The number of carbonyl (C=O) groups is 1. The van der Waals surface area contributed by atoms with Crippen LogP contribution >= 0.6 is 0 Å². The molecule has 2 aromatic rings. The van der Waals surface area contributed by atoms with Crippen molar-refractivity contribution in [2.75, 3.05) is 13.1 Å². The predicted octanol–water partition coefficient (Wildman–Crippen LogP) is 1.29. The van der Waals surface area contributed by atoms with Crippen LogP contribution < -0.4 is 0 Å². The molecule has 1 aromatic carbocycles. The van der Waals surface area contributed by atoms with Gasteiger partial charge in [0.25, 0.3) is 0 Å². The Morgan fingerprint density at radius 1 is 1.40 bits per heavy atom. The topological polar surface area (TPSA) is 51.0 Å². The van der Waals surface area contributed by atoms with Crippen LogP contribution in [0.25, 0.3) is 0 Å². The molecule has 0 atom stereocenters. The highest BCUT2D eigenvalue weighted by atomic mass is 16.2. The van der Waals surface area contributed by atoms with Crippen LogP contribution in [0.4, 0.5) is 0 Å². The number of rotatable bonds is 4. The van der Waals surface area contributed by atoms with E-state index < -0.39 is 0 Å². The van der Waals surface area contributed by atoms with E-state index in [-0.39, 0.29) is 5.91 Å². The van der Waals surface area contributed by atoms with Crippen molar-refractivity contribution < 1.29 is 4.79 Å². The summed E-state index contributed by atoms with van der Waals surface area (Å²) in [5.41, 5.74) is 2.29. The van der Waals surface area contributed by atoms with Gasteiger partial charge in [0.05, 0.1) is 6.42 Å². The Hall–Kier alpha value is -2.17. The van der Waals surface area contributed by atoms with Crippen molar-refractivity contribution in [3.8, 4) is 0 Å². The van der Waals surface area contributed by atoms with Crippen LogP contribution in [0.3, 0.4) is 0 Å². The van der Waals surface area contributed by atoms with Crippen molar-refractivity contribution in [2.24, 2.45) is 5.92 Å². The van der Waals surface area contributed by atoms with Gasteiger partial charge in [-0.25, -0.2) is 4.98 Å². The first-order chi connectivity index (χ1) is 9.70. The lowest BCUT2D eigenvalue weighted by Gasteiger charge is -2.39. The summed E-state index contributed by atoms with van der Waals surface area (Å²) in [6.07, 6.45) is 3.76. The molecule has 0 saturated carbocycles. The Kier molecular flexibility index (Phi) is 3.50. The number of benzene rings is 1. The van der Waals surface area contributed by atoms with E-state index in [4.69, 9.17) is 0 Å². The van der Waals surface area contributed by atoms with Gasteiger partial charge in [0.15, 0.2) is 0 Å². The van der Waals surface area contributed by atoms with Crippen molar-refractivity contribution in [1.29, 1.82) is 0 Å². The van der Waals surface area contributed by atoms with E-state index in [2.05, 4.69) is 16.1 Å². The summed E-state index contributed by atoms with van der Waals surface area (Å²) >= 11 is 0. The summed E-state index contributed by atoms with van der Waals surface area (Å²) in [4.78, 5) is 18.0. The molecule has 1 amide bonds. The Morgan fingerprint density at radius 2 is 2.25 bits per heavy atom. The lowest BCUT2D eigenvalue weighted by atomic mass is 9.98. The molecule has 0 aliphatic carbocycles. The molecule has 0 unspecified atom stereocenters. The molecule has 5 nitrogen and oxygen atoms in total. The highest BCUT2D eigenvalue weighted by Crippen LogP contribution is 2.18. The van der Waals surface area contributed by atoms with Crippen molar-refractivity contribution in [2.45, 2.75) is 19.9 Å². The molecule has 1 aliphatic heterocycles. The second-order valence-corrected chi connectivity index (χ2v) is 5.45. The molecule has 1 saturated heterocycles. The minimum atomic E-state index is 0.213. The maximum absolute atomic E-state index is 12.1. The molecule has 0 radical (unpaired) electrons. The first-order valence-electron chi connectivity index (χ1n) is 6.86. The molecule has 1 aromatic heterocycles. The number of aromatic nitrogens is 3. The van der Waals surface area contributed by atoms with Crippen molar-refractivity contribution >= 4 is 5.91 Å². The van der Waals surface area contributed by atoms with Gasteiger partial charge in [0.1, 0.15) is 12.7 Å². The number of aryl methyl sites for hydroxylation is 1. The second-order valence-electron chi connectivity index (χ2n) is 5.45. The SMILES string of the molecule is Cc1cccc(CC(=O)N2CC(Cn3cncn3)C2)c1. The summed E-state index contributed by atoms with van der Waals surface area (Å²) in [5.74, 6) is 0.712. The van der Waals surface area contributed by atoms with Crippen molar-refractivity contribution in [3.63, 3.8) is 0 Å². The molecular formula is C15H18N4O. The average Bonchev–Trinajstić information content (AvgIpc) is 2.86. The summed E-state index contributed by atoms with van der Waals surface area (Å²) in [7, 11) is 0. The lowest BCUT2D eigenvalue weighted by Crippen LogP contribution is -2.51. The van der Waals surface area contributed by atoms with Gasteiger partial charge in [-0.3, -0.25) is 9.48 Å². The number of carbonyl (C=O) groups excluding carboxylic acids is 1. The Morgan fingerprint density at radius 3 is 2.95 bits per heavy atom. The highest BCUT2D eigenvalue weighted by Gasteiger charge is 2.30.